The number of rotatable bonds is 5. The third kappa shape index (κ3) is 4.70. The molecule has 1 aliphatic heterocycles. The Kier molecular flexibility index (Phi) is 5.95. The van der Waals surface area contributed by atoms with E-state index < -0.39 is 11.8 Å². The van der Waals surface area contributed by atoms with Crippen LogP contribution in [0.15, 0.2) is 47.4 Å². The zero-order valence-corrected chi connectivity index (χ0v) is 15.1. The number of methoxy groups -OCH3 is 1. The van der Waals surface area contributed by atoms with Crippen LogP contribution in [-0.4, -0.2) is 36.7 Å². The van der Waals surface area contributed by atoms with Gasteiger partial charge >= 0.3 is 0 Å². The van der Waals surface area contributed by atoms with Crippen molar-refractivity contribution in [2.24, 2.45) is 0 Å². The number of pyridine rings is 1. The largest absolute Gasteiger partial charge is 0.493 e. The highest BCUT2D eigenvalue weighted by Crippen LogP contribution is 2.40. The first-order valence-electron chi connectivity index (χ1n) is 8.47. The highest BCUT2D eigenvalue weighted by molar-refractivity contribution is 5.93. The maximum Gasteiger partial charge on any atom is 0.262 e. The van der Waals surface area contributed by atoms with Crippen LogP contribution < -0.4 is 30.6 Å². The summed E-state index contributed by atoms with van der Waals surface area (Å²) in [4.78, 5) is 35.3. The molecule has 1 aromatic heterocycles. The van der Waals surface area contributed by atoms with Crippen LogP contribution in [0.3, 0.4) is 0 Å². The summed E-state index contributed by atoms with van der Waals surface area (Å²) in [6.07, 6.45) is 4.28. The van der Waals surface area contributed by atoms with Gasteiger partial charge < -0.3 is 18.8 Å². The Hall–Kier alpha value is -3.75. The van der Waals surface area contributed by atoms with Crippen LogP contribution in [0.5, 0.6) is 17.2 Å². The van der Waals surface area contributed by atoms with Crippen molar-refractivity contribution in [3.05, 3.63) is 58.5 Å². The maximum atomic E-state index is 11.9. The normalized spacial score (nSPS) is 12.5. The Balaban J connectivity index is 1.57. The minimum absolute atomic E-state index is 0.205. The zero-order chi connectivity index (χ0) is 19.9. The number of carbonyl (C=O) groups is 2. The van der Waals surface area contributed by atoms with Crippen LogP contribution in [0.25, 0.3) is 6.08 Å². The van der Waals surface area contributed by atoms with Crippen LogP contribution in [0, 0.1) is 0 Å². The molecule has 0 saturated heterocycles. The van der Waals surface area contributed by atoms with Gasteiger partial charge in [-0.15, -0.1) is 0 Å². The van der Waals surface area contributed by atoms with Crippen LogP contribution in [-0.2, 0) is 16.1 Å². The fourth-order valence-electron chi connectivity index (χ4n) is 2.52. The molecule has 0 radical (unpaired) electrons. The van der Waals surface area contributed by atoms with Gasteiger partial charge in [0.25, 0.3) is 17.4 Å². The summed E-state index contributed by atoms with van der Waals surface area (Å²) in [7, 11) is 1.52. The number of aromatic nitrogens is 1. The summed E-state index contributed by atoms with van der Waals surface area (Å²) in [5.41, 5.74) is 4.86. The van der Waals surface area contributed by atoms with Crippen molar-refractivity contribution in [1.82, 2.24) is 15.4 Å². The number of nitrogens with one attached hydrogen (secondary N) is 2. The minimum Gasteiger partial charge on any atom is -0.493 e. The number of benzene rings is 1. The van der Waals surface area contributed by atoms with E-state index in [-0.39, 0.29) is 12.1 Å². The van der Waals surface area contributed by atoms with Crippen molar-refractivity contribution < 1.29 is 23.8 Å². The molecule has 1 aromatic carbocycles. The van der Waals surface area contributed by atoms with Crippen LogP contribution in [0.2, 0.25) is 0 Å². The topological polar surface area (TPSA) is 108 Å². The van der Waals surface area contributed by atoms with Crippen LogP contribution >= 0.6 is 0 Å². The van der Waals surface area contributed by atoms with Gasteiger partial charge in [0.1, 0.15) is 19.8 Å². The number of fused-ring (bicyclic) bond motifs is 1. The highest BCUT2D eigenvalue weighted by atomic mass is 16.6. The van der Waals surface area contributed by atoms with E-state index in [0.29, 0.717) is 36.0 Å². The Morgan fingerprint density at radius 1 is 1.21 bits per heavy atom. The molecule has 2 amide bonds. The van der Waals surface area contributed by atoms with E-state index in [1.54, 1.807) is 30.3 Å². The molecule has 146 valence electrons. The van der Waals surface area contributed by atoms with E-state index in [2.05, 4.69) is 10.9 Å². The maximum absolute atomic E-state index is 11.9. The Morgan fingerprint density at radius 2 is 2.04 bits per heavy atom. The van der Waals surface area contributed by atoms with Gasteiger partial charge in [-0.25, -0.2) is 0 Å². The van der Waals surface area contributed by atoms with E-state index in [0.717, 1.165) is 0 Å². The first-order chi connectivity index (χ1) is 13.6. The molecule has 9 heteroatoms. The lowest BCUT2D eigenvalue weighted by Crippen LogP contribution is -2.43. The van der Waals surface area contributed by atoms with Gasteiger partial charge in [0.15, 0.2) is 11.5 Å². The molecule has 0 spiro atoms. The van der Waals surface area contributed by atoms with Gasteiger partial charge in [-0.1, -0.05) is 6.07 Å². The number of carbonyl (C=O) groups excluding carboxylic acids is 2. The number of amides is 2. The molecular formula is C19H19N3O6. The van der Waals surface area contributed by atoms with E-state index in [1.165, 1.54) is 30.0 Å². The molecule has 0 atom stereocenters. The summed E-state index contributed by atoms with van der Waals surface area (Å²) in [5, 5.41) is 0. The summed E-state index contributed by atoms with van der Waals surface area (Å²) in [6.45, 7) is 0.666. The second-order valence-corrected chi connectivity index (χ2v) is 5.78. The number of hydrogen-bond donors (Lipinski definition) is 2. The molecule has 0 bridgehead atoms. The molecule has 0 aliphatic carbocycles. The van der Waals surface area contributed by atoms with Crippen LogP contribution in [0.1, 0.15) is 5.56 Å². The Bertz CT molecular complexity index is 949. The molecule has 2 aromatic rings. The van der Waals surface area contributed by atoms with Crippen molar-refractivity contribution in [2.75, 3.05) is 20.3 Å². The summed E-state index contributed by atoms with van der Waals surface area (Å²) >= 11 is 0. The van der Waals surface area contributed by atoms with Crippen molar-refractivity contribution in [2.45, 2.75) is 6.54 Å². The SMILES string of the molecule is COc1cc(/C=C/C(=O)NNC(=O)Cn2ccccc2=O)cc2c1OCCO2. The molecular weight excluding hydrogens is 366 g/mol. The smallest absolute Gasteiger partial charge is 0.262 e. The third-order valence-corrected chi connectivity index (χ3v) is 3.82. The lowest BCUT2D eigenvalue weighted by atomic mass is 10.1. The van der Waals surface area contributed by atoms with Gasteiger partial charge in [-0.2, -0.15) is 0 Å². The second-order valence-electron chi connectivity index (χ2n) is 5.78. The van der Waals surface area contributed by atoms with E-state index in [1.807, 2.05) is 0 Å². The van der Waals surface area contributed by atoms with Gasteiger partial charge in [0.05, 0.1) is 7.11 Å². The Labute approximate surface area is 160 Å². The average Bonchev–Trinajstić information content (AvgIpc) is 2.71. The first kappa shape index (κ1) is 19.0. The summed E-state index contributed by atoms with van der Waals surface area (Å²) in [6, 6.07) is 7.99. The van der Waals surface area contributed by atoms with Crippen molar-refractivity contribution in [1.29, 1.82) is 0 Å². The molecule has 28 heavy (non-hydrogen) atoms. The lowest BCUT2D eigenvalue weighted by molar-refractivity contribution is -0.127. The molecule has 2 heterocycles. The van der Waals surface area contributed by atoms with Gasteiger partial charge in [0.2, 0.25) is 5.75 Å². The number of nitrogens with zero attached hydrogens (tertiary/aromatic N) is 1. The number of hydrogen-bond acceptors (Lipinski definition) is 6. The van der Waals surface area contributed by atoms with Gasteiger partial charge in [-0.05, 0) is 29.8 Å². The van der Waals surface area contributed by atoms with Crippen LogP contribution in [0.4, 0.5) is 0 Å². The summed E-state index contributed by atoms with van der Waals surface area (Å²) < 4.78 is 17.6. The molecule has 0 fully saturated rings. The monoisotopic (exact) mass is 385 g/mol. The quantitative estimate of drug-likeness (QED) is 0.573. The molecule has 1 aliphatic rings. The van der Waals surface area contributed by atoms with Gasteiger partial charge in [0, 0.05) is 18.3 Å². The van der Waals surface area contributed by atoms with Gasteiger partial charge in [-0.3, -0.25) is 25.2 Å². The Morgan fingerprint density at radius 3 is 2.82 bits per heavy atom. The van der Waals surface area contributed by atoms with E-state index >= 15 is 0 Å². The molecule has 0 saturated carbocycles. The minimum atomic E-state index is -0.539. The standard InChI is InChI=1S/C19H19N3O6/c1-26-14-10-13(11-15-19(14)28-9-8-27-15)5-6-16(23)20-21-17(24)12-22-7-3-2-4-18(22)25/h2-7,10-11H,8-9,12H2,1H3,(H,20,23)(H,21,24)/b6-5+. The molecule has 3 rings (SSSR count). The fraction of sp³-hybridized carbons (Fsp3) is 0.211. The number of hydrazine groups is 1. The lowest BCUT2D eigenvalue weighted by Gasteiger charge is -2.20. The van der Waals surface area contributed by atoms with Crippen molar-refractivity contribution in [3.63, 3.8) is 0 Å². The first-order valence-corrected chi connectivity index (χ1v) is 8.47. The number of ether oxygens (including phenoxy) is 3. The highest BCUT2D eigenvalue weighted by Gasteiger charge is 2.17. The van der Waals surface area contributed by atoms with E-state index in [4.69, 9.17) is 14.2 Å². The van der Waals surface area contributed by atoms with Crippen molar-refractivity contribution in [3.8, 4) is 17.2 Å². The molecule has 0 unspecified atom stereocenters. The third-order valence-electron chi connectivity index (χ3n) is 3.82. The zero-order valence-electron chi connectivity index (χ0n) is 15.1. The van der Waals surface area contributed by atoms with Crippen molar-refractivity contribution >= 4 is 17.9 Å². The average molecular weight is 385 g/mol. The fourth-order valence-corrected chi connectivity index (χ4v) is 2.52. The predicted octanol–water partition coefficient (Wildman–Crippen LogP) is 0.489. The summed E-state index contributed by atoms with van der Waals surface area (Å²) in [5.74, 6) is 0.489. The predicted molar refractivity (Wildman–Crippen MR) is 100 cm³/mol. The molecule has 2 N–H and O–H groups in total. The second kappa shape index (κ2) is 8.76. The van der Waals surface area contributed by atoms with E-state index in [9.17, 15) is 14.4 Å². The molecule has 9 nitrogen and oxygen atoms in total.